The zero-order valence-corrected chi connectivity index (χ0v) is 11.9. The number of nitrogens with zero attached hydrogens (tertiary/aromatic N) is 2. The number of nitrogen functional groups attached to an aromatic ring is 1. The van der Waals surface area contributed by atoms with Crippen molar-refractivity contribution in [1.29, 1.82) is 0 Å². The van der Waals surface area contributed by atoms with Gasteiger partial charge in [-0.3, -0.25) is 0 Å². The molecule has 0 fully saturated rings. The summed E-state index contributed by atoms with van der Waals surface area (Å²) in [5.74, 6) is 0.536. The molecule has 0 aliphatic heterocycles. The number of hydrogen-bond acceptors (Lipinski definition) is 7. The van der Waals surface area contributed by atoms with Crippen LogP contribution < -0.4 is 16.4 Å². The summed E-state index contributed by atoms with van der Waals surface area (Å²) in [4.78, 5) is 20.0. The van der Waals surface area contributed by atoms with Crippen LogP contribution in [0.2, 0.25) is 0 Å². The quantitative estimate of drug-likeness (QED) is 0.723. The van der Waals surface area contributed by atoms with Crippen molar-refractivity contribution in [3.05, 3.63) is 36.2 Å². The summed E-state index contributed by atoms with van der Waals surface area (Å²) in [6.07, 6.45) is 1.39. The van der Waals surface area contributed by atoms with Crippen LogP contribution in [0, 0.1) is 0 Å². The molecule has 0 unspecified atom stereocenters. The number of ether oxygens (including phenoxy) is 1. The van der Waals surface area contributed by atoms with Crippen LogP contribution in [0.25, 0.3) is 0 Å². The van der Waals surface area contributed by atoms with Crippen molar-refractivity contribution in [2.24, 2.45) is 0 Å². The number of nitrogens with one attached hydrogen (secondary N) is 2. The van der Waals surface area contributed by atoms with Crippen LogP contribution in [0.15, 0.2) is 30.6 Å². The number of esters is 1. The molecular weight excluding hydrogens is 270 g/mol. The van der Waals surface area contributed by atoms with Crippen LogP contribution in [0.3, 0.4) is 0 Å². The summed E-state index contributed by atoms with van der Waals surface area (Å²) in [7, 11) is 1.72. The molecule has 1 aromatic heterocycles. The molecule has 0 aliphatic rings. The molecule has 1 aromatic carbocycles. The molecule has 0 bridgehead atoms. The molecule has 7 heteroatoms. The van der Waals surface area contributed by atoms with Crippen LogP contribution >= 0.6 is 0 Å². The lowest BCUT2D eigenvalue weighted by atomic mass is 10.2. The molecule has 0 radical (unpaired) electrons. The number of para-hydroxylation sites is 1. The molecule has 2 aromatic rings. The maximum absolute atomic E-state index is 11.9. The molecule has 4 N–H and O–H groups in total. The summed E-state index contributed by atoms with van der Waals surface area (Å²) in [5.41, 5.74) is 7.33. The third-order valence-corrected chi connectivity index (χ3v) is 2.80. The zero-order chi connectivity index (χ0) is 15.2. The lowest BCUT2D eigenvalue weighted by Crippen LogP contribution is -2.10. The van der Waals surface area contributed by atoms with Crippen molar-refractivity contribution >= 4 is 29.0 Å². The van der Waals surface area contributed by atoms with E-state index in [0.717, 1.165) is 0 Å². The number of carbonyl (C=O) groups is 1. The van der Waals surface area contributed by atoms with Gasteiger partial charge < -0.3 is 21.1 Å². The largest absolute Gasteiger partial charge is 0.462 e. The third kappa shape index (κ3) is 3.19. The molecule has 0 amide bonds. The number of carbonyl (C=O) groups excluding carboxylic acids is 1. The van der Waals surface area contributed by atoms with Gasteiger partial charge in [-0.05, 0) is 19.1 Å². The highest BCUT2D eigenvalue weighted by atomic mass is 16.5. The van der Waals surface area contributed by atoms with Gasteiger partial charge in [-0.2, -0.15) is 0 Å². The number of hydrogen-bond donors (Lipinski definition) is 3. The average Bonchev–Trinajstić information content (AvgIpc) is 2.50. The third-order valence-electron chi connectivity index (χ3n) is 2.80. The fourth-order valence-corrected chi connectivity index (χ4v) is 1.80. The fraction of sp³-hybridized carbons (Fsp3) is 0.214. The summed E-state index contributed by atoms with van der Waals surface area (Å²) in [6.45, 7) is 2.07. The maximum Gasteiger partial charge on any atom is 0.340 e. The Balaban J connectivity index is 2.34. The number of anilines is 4. The molecule has 1 heterocycles. The van der Waals surface area contributed by atoms with Gasteiger partial charge in [-0.25, -0.2) is 14.8 Å². The second-order valence-corrected chi connectivity index (χ2v) is 4.13. The predicted molar refractivity (Wildman–Crippen MR) is 81.7 cm³/mol. The summed E-state index contributed by atoms with van der Waals surface area (Å²) in [6, 6.07) is 7.00. The number of rotatable bonds is 5. The van der Waals surface area contributed by atoms with Crippen molar-refractivity contribution in [3.63, 3.8) is 0 Å². The van der Waals surface area contributed by atoms with E-state index in [1.807, 2.05) is 0 Å². The van der Waals surface area contributed by atoms with Crippen molar-refractivity contribution in [2.45, 2.75) is 6.92 Å². The van der Waals surface area contributed by atoms with Gasteiger partial charge in [0, 0.05) is 7.05 Å². The van der Waals surface area contributed by atoms with Gasteiger partial charge in [0.1, 0.15) is 12.0 Å². The topological polar surface area (TPSA) is 102 Å². The highest BCUT2D eigenvalue weighted by Crippen LogP contribution is 2.27. The summed E-state index contributed by atoms with van der Waals surface area (Å²) in [5, 5.41) is 5.91. The highest BCUT2D eigenvalue weighted by Gasteiger charge is 2.14. The van der Waals surface area contributed by atoms with Gasteiger partial charge in [0.05, 0.1) is 17.9 Å². The molecule has 0 saturated heterocycles. The van der Waals surface area contributed by atoms with Gasteiger partial charge in [-0.1, -0.05) is 12.1 Å². The van der Waals surface area contributed by atoms with Crippen LogP contribution in [-0.4, -0.2) is 29.6 Å². The Kier molecular flexibility index (Phi) is 4.55. The van der Waals surface area contributed by atoms with E-state index in [1.165, 1.54) is 6.33 Å². The lowest BCUT2D eigenvalue weighted by molar-refractivity contribution is 0.0527. The first-order chi connectivity index (χ1) is 10.2. The lowest BCUT2D eigenvalue weighted by Gasteiger charge is -2.13. The molecule has 0 aliphatic carbocycles. The molecule has 21 heavy (non-hydrogen) atoms. The Morgan fingerprint density at radius 3 is 2.71 bits per heavy atom. The van der Waals surface area contributed by atoms with Crippen LogP contribution in [0.1, 0.15) is 17.3 Å². The molecule has 0 atom stereocenters. The van der Waals surface area contributed by atoms with Crippen LogP contribution in [0.5, 0.6) is 0 Å². The smallest absolute Gasteiger partial charge is 0.340 e. The first-order valence-electron chi connectivity index (χ1n) is 6.48. The van der Waals surface area contributed by atoms with E-state index in [1.54, 1.807) is 38.2 Å². The molecule has 2 rings (SSSR count). The summed E-state index contributed by atoms with van der Waals surface area (Å²) >= 11 is 0. The summed E-state index contributed by atoms with van der Waals surface area (Å²) < 4.78 is 5.03. The molecular formula is C14H17N5O2. The van der Waals surface area contributed by atoms with E-state index in [2.05, 4.69) is 20.6 Å². The van der Waals surface area contributed by atoms with Gasteiger partial charge in [0.2, 0.25) is 0 Å². The van der Waals surface area contributed by atoms with Gasteiger partial charge >= 0.3 is 5.97 Å². The molecule has 0 saturated carbocycles. The Bertz CT molecular complexity index is 645. The normalized spacial score (nSPS) is 10.0. The second-order valence-electron chi connectivity index (χ2n) is 4.13. The Labute approximate surface area is 122 Å². The van der Waals surface area contributed by atoms with Gasteiger partial charge in [-0.15, -0.1) is 0 Å². The SMILES string of the molecule is CCOC(=O)c1ccccc1Nc1ncnc(NC)c1N. The number of benzene rings is 1. The van der Waals surface area contributed by atoms with Crippen molar-refractivity contribution in [2.75, 3.05) is 30.0 Å². The van der Waals surface area contributed by atoms with E-state index in [0.29, 0.717) is 35.2 Å². The van der Waals surface area contributed by atoms with E-state index in [4.69, 9.17) is 10.5 Å². The first-order valence-corrected chi connectivity index (χ1v) is 6.48. The van der Waals surface area contributed by atoms with Gasteiger partial charge in [0.25, 0.3) is 0 Å². The number of aromatic nitrogens is 2. The first kappa shape index (κ1) is 14.6. The average molecular weight is 287 g/mol. The molecule has 0 spiro atoms. The second kappa shape index (κ2) is 6.56. The monoisotopic (exact) mass is 287 g/mol. The van der Waals surface area contributed by atoms with E-state index in [9.17, 15) is 4.79 Å². The molecule has 110 valence electrons. The minimum absolute atomic E-state index is 0.312. The minimum Gasteiger partial charge on any atom is -0.462 e. The minimum atomic E-state index is -0.401. The fourth-order valence-electron chi connectivity index (χ4n) is 1.80. The van der Waals surface area contributed by atoms with E-state index in [-0.39, 0.29) is 0 Å². The highest BCUT2D eigenvalue weighted by molar-refractivity contribution is 5.97. The van der Waals surface area contributed by atoms with Crippen molar-refractivity contribution in [3.8, 4) is 0 Å². The van der Waals surface area contributed by atoms with Gasteiger partial charge in [0.15, 0.2) is 11.6 Å². The van der Waals surface area contributed by atoms with Crippen LogP contribution in [-0.2, 0) is 4.74 Å². The zero-order valence-electron chi connectivity index (χ0n) is 11.9. The maximum atomic E-state index is 11.9. The van der Waals surface area contributed by atoms with Crippen molar-refractivity contribution in [1.82, 2.24) is 9.97 Å². The standard InChI is InChI=1S/C14H17N5O2/c1-3-21-14(20)9-6-4-5-7-10(9)19-13-11(15)12(16-2)17-8-18-13/h4-8H,3,15H2,1-2H3,(H2,16,17,18,19). The Morgan fingerprint density at radius 2 is 2.00 bits per heavy atom. The number of nitrogens with two attached hydrogens (primary N) is 1. The van der Waals surface area contributed by atoms with Crippen molar-refractivity contribution < 1.29 is 9.53 Å². The van der Waals surface area contributed by atoms with E-state index >= 15 is 0 Å². The predicted octanol–water partition coefficient (Wildman–Crippen LogP) is 2.02. The van der Waals surface area contributed by atoms with Crippen LogP contribution in [0.4, 0.5) is 23.0 Å². The van der Waals surface area contributed by atoms with E-state index < -0.39 is 5.97 Å². The Hall–Kier alpha value is -2.83. The molecule has 7 nitrogen and oxygen atoms in total. The Morgan fingerprint density at radius 1 is 1.29 bits per heavy atom.